The first-order valence-corrected chi connectivity index (χ1v) is 13.3. The van der Waals surface area contributed by atoms with E-state index in [0.717, 1.165) is 5.92 Å². The number of unbranched alkanes of at least 4 members (excludes halogenated alkanes) is 17. The van der Waals surface area contributed by atoms with Gasteiger partial charge in [0.25, 0.3) is 0 Å². The van der Waals surface area contributed by atoms with Crippen molar-refractivity contribution in [1.29, 1.82) is 0 Å². The fourth-order valence-corrected chi connectivity index (χ4v) is 4.58. The molecule has 0 atom stereocenters. The van der Waals surface area contributed by atoms with E-state index < -0.39 is 0 Å². The van der Waals surface area contributed by atoms with Crippen LogP contribution in [0.1, 0.15) is 168 Å². The zero-order valence-electron chi connectivity index (χ0n) is 19.8. The summed E-state index contributed by atoms with van der Waals surface area (Å²) >= 11 is 0. The molecular formula is C27H56. The van der Waals surface area contributed by atoms with Crippen LogP contribution < -0.4 is 0 Å². The van der Waals surface area contributed by atoms with Gasteiger partial charge in [0, 0.05) is 0 Å². The van der Waals surface area contributed by atoms with E-state index in [2.05, 4.69) is 20.8 Å². The van der Waals surface area contributed by atoms with Gasteiger partial charge in [-0.05, 0) is 5.92 Å². The van der Waals surface area contributed by atoms with Crippen molar-refractivity contribution >= 4 is 0 Å². The van der Waals surface area contributed by atoms with Crippen LogP contribution in [-0.2, 0) is 0 Å². The van der Waals surface area contributed by atoms with Crippen LogP contribution in [0.2, 0.25) is 0 Å². The van der Waals surface area contributed by atoms with Crippen LogP contribution >= 0.6 is 0 Å². The summed E-state index contributed by atoms with van der Waals surface area (Å²) in [7, 11) is 0. The van der Waals surface area contributed by atoms with Crippen LogP contribution in [-0.4, -0.2) is 0 Å². The van der Waals surface area contributed by atoms with Crippen molar-refractivity contribution in [3.63, 3.8) is 0 Å². The summed E-state index contributed by atoms with van der Waals surface area (Å²) in [6.45, 7) is 6.99. The van der Waals surface area contributed by atoms with Gasteiger partial charge < -0.3 is 0 Å². The van der Waals surface area contributed by atoms with Gasteiger partial charge in [0.05, 0.1) is 0 Å². The van der Waals surface area contributed by atoms with Gasteiger partial charge in [-0.2, -0.15) is 0 Å². The van der Waals surface area contributed by atoms with Crippen molar-refractivity contribution in [2.75, 3.05) is 0 Å². The monoisotopic (exact) mass is 380 g/mol. The van der Waals surface area contributed by atoms with E-state index in [1.54, 1.807) is 0 Å². The van der Waals surface area contributed by atoms with Gasteiger partial charge in [0.15, 0.2) is 0 Å². The van der Waals surface area contributed by atoms with Gasteiger partial charge >= 0.3 is 0 Å². The standard InChI is InChI=1S/C27H56/c1-4-7-8-9-10-11-12-13-14-15-16-17-18-19-20-21-22-23-26-27(24-5-2)25-6-3/h27H,4-26H2,1-3H3. The largest absolute Gasteiger partial charge is 0.0654 e. The Bertz CT molecular complexity index is 238. The smallest absolute Gasteiger partial charge is 0.0414 e. The predicted molar refractivity (Wildman–Crippen MR) is 127 cm³/mol. The minimum absolute atomic E-state index is 1.03. The van der Waals surface area contributed by atoms with E-state index in [1.165, 1.54) is 148 Å². The topological polar surface area (TPSA) is 0 Å². The van der Waals surface area contributed by atoms with Crippen LogP contribution in [0, 0.1) is 5.92 Å². The van der Waals surface area contributed by atoms with Gasteiger partial charge in [0.2, 0.25) is 0 Å². The molecule has 0 aromatic heterocycles. The predicted octanol–water partition coefficient (Wildman–Crippen LogP) is 10.6. The number of rotatable bonds is 23. The third-order valence-electron chi connectivity index (χ3n) is 6.36. The molecule has 27 heavy (non-hydrogen) atoms. The quantitative estimate of drug-likeness (QED) is 0.155. The second-order valence-electron chi connectivity index (χ2n) is 9.24. The van der Waals surface area contributed by atoms with Gasteiger partial charge in [-0.25, -0.2) is 0 Å². The van der Waals surface area contributed by atoms with Crippen LogP contribution in [0.15, 0.2) is 0 Å². The van der Waals surface area contributed by atoms with Gasteiger partial charge in [-0.1, -0.05) is 168 Å². The summed E-state index contributed by atoms with van der Waals surface area (Å²) in [4.78, 5) is 0. The average Bonchev–Trinajstić information content (AvgIpc) is 2.67. The van der Waals surface area contributed by atoms with E-state index in [0.29, 0.717) is 0 Å². The summed E-state index contributed by atoms with van der Waals surface area (Å²) in [6.07, 6.45) is 33.8. The van der Waals surface area contributed by atoms with E-state index >= 15 is 0 Å². The summed E-state index contributed by atoms with van der Waals surface area (Å²) in [6, 6.07) is 0. The van der Waals surface area contributed by atoms with Crippen molar-refractivity contribution in [3.8, 4) is 0 Å². The second kappa shape index (κ2) is 24.0. The number of hydrogen-bond acceptors (Lipinski definition) is 0. The van der Waals surface area contributed by atoms with Gasteiger partial charge in [0.1, 0.15) is 0 Å². The zero-order chi connectivity index (χ0) is 19.8. The highest BCUT2D eigenvalue weighted by atomic mass is 14.1. The molecule has 0 aromatic rings. The Labute approximate surface area is 174 Å². The maximum Gasteiger partial charge on any atom is -0.0414 e. The van der Waals surface area contributed by atoms with Crippen molar-refractivity contribution in [3.05, 3.63) is 0 Å². The van der Waals surface area contributed by atoms with Gasteiger partial charge in [-0.15, -0.1) is 0 Å². The molecule has 0 aliphatic carbocycles. The summed E-state index contributed by atoms with van der Waals surface area (Å²) < 4.78 is 0. The van der Waals surface area contributed by atoms with Crippen molar-refractivity contribution in [2.24, 2.45) is 5.92 Å². The molecule has 0 heterocycles. The maximum atomic E-state index is 2.35. The molecule has 0 spiro atoms. The van der Waals surface area contributed by atoms with Gasteiger partial charge in [-0.3, -0.25) is 0 Å². The Hall–Kier alpha value is 0. The van der Waals surface area contributed by atoms with Crippen molar-refractivity contribution < 1.29 is 0 Å². The van der Waals surface area contributed by atoms with Crippen LogP contribution in [0.4, 0.5) is 0 Å². The molecule has 0 saturated carbocycles. The molecule has 164 valence electrons. The fourth-order valence-electron chi connectivity index (χ4n) is 4.58. The summed E-state index contributed by atoms with van der Waals surface area (Å²) in [5.41, 5.74) is 0. The first-order chi connectivity index (χ1) is 13.3. The average molecular weight is 381 g/mol. The van der Waals surface area contributed by atoms with E-state index in [-0.39, 0.29) is 0 Å². The molecular weight excluding hydrogens is 324 g/mol. The van der Waals surface area contributed by atoms with Crippen LogP contribution in [0.25, 0.3) is 0 Å². The first-order valence-electron chi connectivity index (χ1n) is 13.3. The minimum Gasteiger partial charge on any atom is -0.0654 e. The molecule has 0 nitrogen and oxygen atoms in total. The molecule has 0 saturated heterocycles. The minimum atomic E-state index is 1.03. The highest BCUT2D eigenvalue weighted by Crippen LogP contribution is 2.21. The Morgan fingerprint density at radius 3 is 0.889 bits per heavy atom. The lowest BCUT2D eigenvalue weighted by molar-refractivity contribution is 0.390. The molecule has 0 heteroatoms. The van der Waals surface area contributed by atoms with Crippen molar-refractivity contribution in [1.82, 2.24) is 0 Å². The second-order valence-corrected chi connectivity index (χ2v) is 9.24. The fraction of sp³-hybridized carbons (Fsp3) is 1.00. The molecule has 0 aliphatic heterocycles. The SMILES string of the molecule is CCCCCCCCCCCCCCCCCCCCC(CCC)CCC. The van der Waals surface area contributed by atoms with E-state index in [1.807, 2.05) is 0 Å². The van der Waals surface area contributed by atoms with E-state index in [9.17, 15) is 0 Å². The summed E-state index contributed by atoms with van der Waals surface area (Å²) in [5.74, 6) is 1.03. The van der Waals surface area contributed by atoms with Crippen molar-refractivity contribution in [2.45, 2.75) is 168 Å². The molecule has 0 amide bonds. The Balaban J connectivity index is 3.12. The molecule has 0 aliphatic rings. The molecule has 0 aromatic carbocycles. The maximum absolute atomic E-state index is 2.35. The molecule has 0 N–H and O–H groups in total. The first kappa shape index (κ1) is 27.0. The number of hydrogen-bond donors (Lipinski definition) is 0. The van der Waals surface area contributed by atoms with Crippen LogP contribution in [0.3, 0.4) is 0 Å². The van der Waals surface area contributed by atoms with E-state index in [4.69, 9.17) is 0 Å². The molecule has 0 unspecified atom stereocenters. The Morgan fingerprint density at radius 2 is 0.593 bits per heavy atom. The third kappa shape index (κ3) is 22.2. The molecule has 0 bridgehead atoms. The lowest BCUT2D eigenvalue weighted by atomic mass is 9.92. The van der Waals surface area contributed by atoms with Crippen LogP contribution in [0.5, 0.6) is 0 Å². The highest BCUT2D eigenvalue weighted by molar-refractivity contribution is 4.59. The normalized spacial score (nSPS) is 11.6. The Morgan fingerprint density at radius 1 is 0.296 bits per heavy atom. The lowest BCUT2D eigenvalue weighted by Crippen LogP contribution is -1.99. The Kier molecular flexibility index (Phi) is 24.0. The summed E-state index contributed by atoms with van der Waals surface area (Å²) in [5, 5.41) is 0. The highest BCUT2D eigenvalue weighted by Gasteiger charge is 2.05. The lowest BCUT2D eigenvalue weighted by Gasteiger charge is -2.14. The molecule has 0 rings (SSSR count). The zero-order valence-corrected chi connectivity index (χ0v) is 19.8. The third-order valence-corrected chi connectivity index (χ3v) is 6.36. The molecule has 0 fully saturated rings. The molecule has 0 radical (unpaired) electrons.